The van der Waals surface area contributed by atoms with Gasteiger partial charge < -0.3 is 20.3 Å². The summed E-state index contributed by atoms with van der Waals surface area (Å²) in [6, 6.07) is 11.7. The molecule has 2 aromatic heterocycles. The molecule has 0 bridgehead atoms. The van der Waals surface area contributed by atoms with E-state index in [1.807, 2.05) is 18.2 Å². The zero-order chi connectivity index (χ0) is 24.5. The fourth-order valence-corrected chi connectivity index (χ4v) is 3.84. The molecule has 11 nitrogen and oxygen atoms in total. The summed E-state index contributed by atoms with van der Waals surface area (Å²) in [7, 11) is 1.56. The largest absolute Gasteiger partial charge is 0.378 e. The third-order valence-corrected chi connectivity index (χ3v) is 5.71. The molecule has 11 heteroatoms. The summed E-state index contributed by atoms with van der Waals surface area (Å²) in [5.74, 6) is 0.0581. The van der Waals surface area contributed by atoms with Gasteiger partial charge in [-0.25, -0.2) is 0 Å². The van der Waals surface area contributed by atoms with Gasteiger partial charge >= 0.3 is 0 Å². The van der Waals surface area contributed by atoms with E-state index in [-0.39, 0.29) is 18.2 Å². The van der Waals surface area contributed by atoms with Crippen LogP contribution in [0.5, 0.6) is 0 Å². The first-order valence-electron chi connectivity index (χ1n) is 11.8. The summed E-state index contributed by atoms with van der Waals surface area (Å²) >= 11 is 0. The van der Waals surface area contributed by atoms with Gasteiger partial charge in [-0.2, -0.15) is 5.10 Å². The van der Waals surface area contributed by atoms with Crippen LogP contribution in [-0.4, -0.2) is 70.4 Å². The smallest absolute Gasteiger partial charge is 0.273 e. The first-order chi connectivity index (χ1) is 17.1. The summed E-state index contributed by atoms with van der Waals surface area (Å²) in [4.78, 5) is 26.3. The Hall–Kier alpha value is -3.86. The van der Waals surface area contributed by atoms with Crippen molar-refractivity contribution in [1.29, 1.82) is 0 Å². The van der Waals surface area contributed by atoms with Crippen LogP contribution in [0.15, 0.2) is 42.6 Å². The van der Waals surface area contributed by atoms with Crippen LogP contribution in [0.2, 0.25) is 0 Å². The van der Waals surface area contributed by atoms with E-state index in [0.29, 0.717) is 18.1 Å². The molecule has 184 valence electrons. The maximum atomic E-state index is 12.5. The number of rotatable bonds is 10. The lowest BCUT2D eigenvalue weighted by Gasteiger charge is -2.29. The molecule has 0 saturated carbocycles. The number of hydrogen-bond acceptors (Lipinski definition) is 8. The van der Waals surface area contributed by atoms with E-state index >= 15 is 0 Å². The van der Waals surface area contributed by atoms with Gasteiger partial charge in [-0.15, -0.1) is 10.2 Å². The Labute approximate surface area is 203 Å². The van der Waals surface area contributed by atoms with Gasteiger partial charge in [-0.1, -0.05) is 17.3 Å². The highest BCUT2D eigenvalue weighted by atomic mass is 16.5. The summed E-state index contributed by atoms with van der Waals surface area (Å²) in [5, 5.41) is 21.5. The highest BCUT2D eigenvalue weighted by Crippen LogP contribution is 2.18. The topological polar surface area (TPSA) is 127 Å². The predicted molar refractivity (Wildman–Crippen MR) is 130 cm³/mol. The number of benzene rings is 1. The molecule has 0 spiro atoms. The van der Waals surface area contributed by atoms with E-state index < -0.39 is 0 Å². The molecule has 35 heavy (non-hydrogen) atoms. The van der Waals surface area contributed by atoms with Gasteiger partial charge in [0, 0.05) is 32.4 Å². The molecule has 1 saturated heterocycles. The van der Waals surface area contributed by atoms with Crippen LogP contribution in [0.3, 0.4) is 0 Å². The van der Waals surface area contributed by atoms with Crippen LogP contribution in [0, 0.1) is 0 Å². The highest BCUT2D eigenvalue weighted by molar-refractivity contribution is 5.92. The Balaban J connectivity index is 1.20. The Kier molecular flexibility index (Phi) is 8.34. The fourth-order valence-electron chi connectivity index (χ4n) is 3.84. The summed E-state index contributed by atoms with van der Waals surface area (Å²) in [6.07, 6.45) is 4.41. The minimum absolute atomic E-state index is 0.130. The molecule has 0 aliphatic carbocycles. The summed E-state index contributed by atoms with van der Waals surface area (Å²) in [6.45, 7) is 3.83. The lowest BCUT2D eigenvalue weighted by atomic mass is 10.1. The molecular formula is C24H30N8O3. The third-order valence-electron chi connectivity index (χ3n) is 5.71. The average molecular weight is 479 g/mol. The number of amides is 2. The Morgan fingerprint density at radius 2 is 1.91 bits per heavy atom. The molecule has 2 N–H and O–H groups in total. The first kappa shape index (κ1) is 24.3. The van der Waals surface area contributed by atoms with Crippen molar-refractivity contribution in [3.63, 3.8) is 0 Å². The van der Waals surface area contributed by atoms with Crippen LogP contribution in [0.25, 0.3) is 0 Å². The Bertz CT molecular complexity index is 1130. The van der Waals surface area contributed by atoms with Crippen LogP contribution in [0.1, 0.15) is 34.6 Å². The zero-order valence-electron chi connectivity index (χ0n) is 19.8. The van der Waals surface area contributed by atoms with Gasteiger partial charge in [0.05, 0.1) is 31.5 Å². The lowest BCUT2D eigenvalue weighted by Crippen LogP contribution is -2.36. The normalized spacial score (nSPS) is 13.5. The van der Waals surface area contributed by atoms with E-state index in [9.17, 15) is 9.59 Å². The van der Waals surface area contributed by atoms with Gasteiger partial charge in [0.1, 0.15) is 0 Å². The van der Waals surface area contributed by atoms with E-state index in [2.05, 4.69) is 48.2 Å². The van der Waals surface area contributed by atoms with E-state index in [1.165, 1.54) is 0 Å². The predicted octanol–water partition coefficient (Wildman–Crippen LogP) is 1.47. The molecule has 4 rings (SSSR count). The molecule has 1 aromatic carbocycles. The van der Waals surface area contributed by atoms with Gasteiger partial charge in [0.25, 0.3) is 5.91 Å². The maximum absolute atomic E-state index is 12.5. The van der Waals surface area contributed by atoms with E-state index in [1.54, 1.807) is 24.0 Å². The number of morpholine rings is 1. The third kappa shape index (κ3) is 7.06. The standard InChI is InChI=1S/C24H30N8O3/c1-25-24(34)21-17-32(30-28-21)10-3-2-6-19-8-9-22(29-27-19)26-23(33)16-18-5-4-7-20(15-18)31-11-13-35-14-12-31/h4-5,7-9,15,17H,2-3,6,10-14,16H2,1H3,(H,25,34)(H,26,29,33). The highest BCUT2D eigenvalue weighted by Gasteiger charge is 2.13. The van der Waals surface area contributed by atoms with Gasteiger partial charge in [0.2, 0.25) is 5.91 Å². The molecular weight excluding hydrogens is 448 g/mol. The number of anilines is 2. The van der Waals surface area contributed by atoms with Crippen molar-refractivity contribution in [2.24, 2.45) is 0 Å². The van der Waals surface area contributed by atoms with Crippen LogP contribution in [0.4, 0.5) is 11.5 Å². The molecule has 1 aliphatic rings. The van der Waals surface area contributed by atoms with Crippen molar-refractivity contribution in [1.82, 2.24) is 30.5 Å². The molecule has 1 fully saturated rings. The Morgan fingerprint density at radius 1 is 1.06 bits per heavy atom. The van der Waals surface area contributed by atoms with Gasteiger partial charge in [-0.05, 0) is 49.1 Å². The van der Waals surface area contributed by atoms with Crippen LogP contribution < -0.4 is 15.5 Å². The van der Waals surface area contributed by atoms with Gasteiger partial charge in [0.15, 0.2) is 11.5 Å². The molecule has 3 aromatic rings. The molecule has 0 radical (unpaired) electrons. The average Bonchev–Trinajstić information content (AvgIpc) is 3.37. The molecule has 2 amide bonds. The number of unbranched alkanes of at least 4 members (excludes halogenated alkanes) is 1. The second kappa shape index (κ2) is 12.0. The van der Waals surface area contributed by atoms with Crippen molar-refractivity contribution in [2.75, 3.05) is 43.6 Å². The SMILES string of the molecule is CNC(=O)c1cn(CCCCc2ccc(NC(=O)Cc3cccc(N4CCOCC4)c3)nn2)nn1. The van der Waals surface area contributed by atoms with Crippen molar-refractivity contribution >= 4 is 23.3 Å². The number of carbonyl (C=O) groups is 2. The fraction of sp³-hybridized carbons (Fsp3) is 0.417. The van der Waals surface area contributed by atoms with Crippen LogP contribution in [-0.2, 0) is 28.9 Å². The van der Waals surface area contributed by atoms with Crippen molar-refractivity contribution in [3.8, 4) is 0 Å². The number of nitrogens with zero attached hydrogens (tertiary/aromatic N) is 6. The number of carbonyl (C=O) groups excluding carboxylic acids is 2. The number of ether oxygens (including phenoxy) is 1. The minimum atomic E-state index is -0.250. The van der Waals surface area contributed by atoms with E-state index in [4.69, 9.17) is 4.74 Å². The molecule has 3 heterocycles. The lowest BCUT2D eigenvalue weighted by molar-refractivity contribution is -0.115. The van der Waals surface area contributed by atoms with Gasteiger partial charge in [-0.3, -0.25) is 14.3 Å². The zero-order valence-corrected chi connectivity index (χ0v) is 19.8. The summed E-state index contributed by atoms with van der Waals surface area (Å²) in [5.41, 5.74) is 3.22. The van der Waals surface area contributed by atoms with Crippen molar-refractivity contribution in [2.45, 2.75) is 32.2 Å². The Morgan fingerprint density at radius 3 is 2.69 bits per heavy atom. The minimum Gasteiger partial charge on any atom is -0.378 e. The summed E-state index contributed by atoms with van der Waals surface area (Å²) < 4.78 is 7.07. The van der Waals surface area contributed by atoms with Crippen molar-refractivity contribution in [3.05, 3.63) is 59.5 Å². The first-order valence-corrected chi connectivity index (χ1v) is 11.8. The molecule has 1 aliphatic heterocycles. The number of aromatic nitrogens is 5. The molecule has 0 atom stereocenters. The maximum Gasteiger partial charge on any atom is 0.273 e. The number of nitrogens with one attached hydrogen (secondary N) is 2. The monoisotopic (exact) mass is 478 g/mol. The second-order valence-corrected chi connectivity index (χ2v) is 8.31. The molecule has 0 unspecified atom stereocenters. The number of aryl methyl sites for hydroxylation is 2. The number of hydrogen-bond donors (Lipinski definition) is 2. The quantitative estimate of drug-likeness (QED) is 0.420. The van der Waals surface area contributed by atoms with Crippen LogP contribution >= 0.6 is 0 Å². The van der Waals surface area contributed by atoms with E-state index in [0.717, 1.165) is 62.5 Å². The van der Waals surface area contributed by atoms with Crippen molar-refractivity contribution < 1.29 is 14.3 Å². The second-order valence-electron chi connectivity index (χ2n) is 8.31.